The van der Waals surface area contributed by atoms with Crippen molar-refractivity contribution >= 4 is 28.1 Å². The van der Waals surface area contributed by atoms with Gasteiger partial charge >= 0.3 is 0 Å². The molecule has 0 aliphatic heterocycles. The zero-order valence-corrected chi connectivity index (χ0v) is 11.8. The third-order valence-corrected chi connectivity index (χ3v) is 3.58. The van der Waals surface area contributed by atoms with E-state index < -0.39 is 0 Å². The predicted molar refractivity (Wildman–Crippen MR) is 74.5 cm³/mol. The van der Waals surface area contributed by atoms with Crippen LogP contribution in [-0.2, 0) is 0 Å². The highest BCUT2D eigenvalue weighted by Crippen LogP contribution is 2.39. The molecule has 1 saturated carbocycles. The van der Waals surface area contributed by atoms with Crippen LogP contribution in [0.2, 0.25) is 0 Å². The minimum atomic E-state index is -0.294. The lowest BCUT2D eigenvalue weighted by Crippen LogP contribution is -1.95. The second kappa shape index (κ2) is 4.55. The molecule has 1 heterocycles. The average molecular weight is 325 g/mol. The summed E-state index contributed by atoms with van der Waals surface area (Å²) in [4.78, 5) is 7.52. The van der Waals surface area contributed by atoms with Gasteiger partial charge in [0, 0.05) is 15.7 Å². The first-order valence-corrected chi connectivity index (χ1v) is 6.90. The monoisotopic (exact) mass is 324 g/mol. The molecule has 1 aliphatic carbocycles. The molecule has 92 valence electrons. The summed E-state index contributed by atoms with van der Waals surface area (Å²) in [5, 5.41) is 0. The molecule has 0 spiro atoms. The maximum absolute atomic E-state index is 13.4. The Morgan fingerprint density at radius 2 is 2.06 bits per heavy atom. The molecule has 2 nitrogen and oxygen atoms in total. The molecule has 1 aromatic carbocycles. The van der Waals surface area contributed by atoms with Crippen molar-refractivity contribution < 1.29 is 4.39 Å². The summed E-state index contributed by atoms with van der Waals surface area (Å²) in [6.45, 7) is 0. The van der Waals surface area contributed by atoms with E-state index >= 15 is 0 Å². The quantitative estimate of drug-likeness (QED) is 0.819. The molecule has 1 N–H and O–H groups in total. The van der Waals surface area contributed by atoms with Gasteiger partial charge in [-0.25, -0.2) is 9.37 Å². The molecule has 3 rings (SSSR count). The molecule has 0 atom stereocenters. The highest BCUT2D eigenvalue weighted by molar-refractivity contribution is 9.10. The Kier molecular flexibility index (Phi) is 3.03. The number of halogens is 2. The summed E-state index contributed by atoms with van der Waals surface area (Å²) in [5.41, 5.74) is 1.81. The number of benzene rings is 1. The van der Waals surface area contributed by atoms with Crippen LogP contribution < -0.4 is 0 Å². The van der Waals surface area contributed by atoms with Gasteiger partial charge in [-0.15, -0.1) is 0 Å². The Balaban J connectivity index is 2.12. The standard InChI is InChI=1S/C13H10BrFN2S/c14-9-3-8(4-10(15)5-9)13-16-11(7-1-2-7)6-12(18)17-13/h3-7H,1-2H2,(H,16,17,18). The number of H-pyrrole nitrogens is 1. The average Bonchev–Trinajstić information content (AvgIpc) is 3.10. The van der Waals surface area contributed by atoms with Crippen molar-refractivity contribution in [1.82, 2.24) is 9.97 Å². The molecule has 0 saturated heterocycles. The first kappa shape index (κ1) is 12.0. The largest absolute Gasteiger partial charge is 0.343 e. The summed E-state index contributed by atoms with van der Waals surface area (Å²) in [6.07, 6.45) is 2.36. The molecule has 0 radical (unpaired) electrons. The molecule has 1 fully saturated rings. The Labute approximate surface area is 117 Å². The fourth-order valence-corrected chi connectivity index (χ4v) is 2.60. The van der Waals surface area contributed by atoms with Gasteiger partial charge in [0.15, 0.2) is 0 Å². The van der Waals surface area contributed by atoms with Gasteiger partial charge in [-0.1, -0.05) is 28.1 Å². The molecule has 0 bridgehead atoms. The molecule has 5 heteroatoms. The lowest BCUT2D eigenvalue weighted by Gasteiger charge is -2.06. The van der Waals surface area contributed by atoms with Gasteiger partial charge in [0.25, 0.3) is 0 Å². The number of hydrogen-bond donors (Lipinski definition) is 1. The lowest BCUT2D eigenvalue weighted by atomic mass is 10.2. The second-order valence-electron chi connectivity index (χ2n) is 4.46. The SMILES string of the molecule is Fc1cc(Br)cc(-c2nc(=S)cc(C3CC3)[nH]2)c1. The lowest BCUT2D eigenvalue weighted by molar-refractivity contribution is 0.627. The van der Waals surface area contributed by atoms with Gasteiger partial charge in [-0.05, 0) is 43.0 Å². The van der Waals surface area contributed by atoms with E-state index in [0.29, 0.717) is 26.4 Å². The Bertz CT molecular complexity index is 644. The van der Waals surface area contributed by atoms with Crippen LogP contribution in [0, 0.1) is 10.5 Å². The Hall–Kier alpha value is -1.07. The fraction of sp³-hybridized carbons (Fsp3) is 0.231. The van der Waals surface area contributed by atoms with Crippen LogP contribution in [0.15, 0.2) is 28.7 Å². The molecule has 0 amide bonds. The van der Waals surface area contributed by atoms with Crippen molar-refractivity contribution in [3.8, 4) is 11.4 Å². The number of rotatable bonds is 2. The van der Waals surface area contributed by atoms with Crippen LogP contribution in [-0.4, -0.2) is 9.97 Å². The first-order valence-electron chi connectivity index (χ1n) is 5.69. The van der Waals surface area contributed by atoms with Crippen molar-refractivity contribution in [1.29, 1.82) is 0 Å². The van der Waals surface area contributed by atoms with Gasteiger partial charge in [-0.2, -0.15) is 0 Å². The zero-order valence-electron chi connectivity index (χ0n) is 9.41. The molecule has 2 aromatic rings. The highest BCUT2D eigenvalue weighted by atomic mass is 79.9. The van der Waals surface area contributed by atoms with Crippen LogP contribution in [0.4, 0.5) is 4.39 Å². The normalized spacial score (nSPS) is 14.8. The maximum atomic E-state index is 13.4. The summed E-state index contributed by atoms with van der Waals surface area (Å²) >= 11 is 8.44. The van der Waals surface area contributed by atoms with E-state index in [1.165, 1.54) is 25.0 Å². The van der Waals surface area contributed by atoms with Crippen LogP contribution >= 0.6 is 28.1 Å². The molecule has 0 unspecified atom stereocenters. The smallest absolute Gasteiger partial charge is 0.139 e. The van der Waals surface area contributed by atoms with E-state index in [1.807, 2.05) is 12.1 Å². The van der Waals surface area contributed by atoms with Crippen molar-refractivity contribution in [2.24, 2.45) is 0 Å². The maximum Gasteiger partial charge on any atom is 0.139 e. The third kappa shape index (κ3) is 2.52. The first-order chi connectivity index (χ1) is 8.61. The van der Waals surface area contributed by atoms with Crippen molar-refractivity contribution in [3.63, 3.8) is 0 Å². The molecule has 1 aliphatic rings. The highest BCUT2D eigenvalue weighted by Gasteiger charge is 2.24. The predicted octanol–water partition coefficient (Wildman–Crippen LogP) is 4.59. The van der Waals surface area contributed by atoms with Crippen LogP contribution in [0.3, 0.4) is 0 Å². The van der Waals surface area contributed by atoms with Crippen molar-refractivity contribution in [3.05, 3.63) is 44.9 Å². The molecular formula is C13H10BrFN2S. The molecule has 1 aromatic heterocycles. The topological polar surface area (TPSA) is 28.7 Å². The number of nitrogens with zero attached hydrogens (tertiary/aromatic N) is 1. The van der Waals surface area contributed by atoms with E-state index in [-0.39, 0.29) is 5.82 Å². The van der Waals surface area contributed by atoms with Gasteiger partial charge < -0.3 is 4.98 Å². The van der Waals surface area contributed by atoms with Crippen LogP contribution in [0.25, 0.3) is 11.4 Å². The zero-order chi connectivity index (χ0) is 12.7. The Morgan fingerprint density at radius 3 is 2.72 bits per heavy atom. The van der Waals surface area contributed by atoms with Crippen LogP contribution in [0.5, 0.6) is 0 Å². The molecule has 18 heavy (non-hydrogen) atoms. The van der Waals surface area contributed by atoms with Gasteiger partial charge in [0.2, 0.25) is 0 Å². The number of nitrogens with one attached hydrogen (secondary N) is 1. The van der Waals surface area contributed by atoms with Crippen molar-refractivity contribution in [2.45, 2.75) is 18.8 Å². The fourth-order valence-electron chi connectivity index (χ4n) is 1.92. The summed E-state index contributed by atoms with van der Waals surface area (Å²) < 4.78 is 14.6. The minimum absolute atomic E-state index is 0.294. The summed E-state index contributed by atoms with van der Waals surface area (Å²) in [6, 6.07) is 6.59. The van der Waals surface area contributed by atoms with E-state index in [0.717, 1.165) is 5.69 Å². The van der Waals surface area contributed by atoms with Crippen molar-refractivity contribution in [2.75, 3.05) is 0 Å². The van der Waals surface area contributed by atoms with E-state index in [9.17, 15) is 4.39 Å². The molecular weight excluding hydrogens is 315 g/mol. The number of aromatic nitrogens is 2. The minimum Gasteiger partial charge on any atom is -0.343 e. The van der Waals surface area contributed by atoms with E-state index in [2.05, 4.69) is 25.9 Å². The van der Waals surface area contributed by atoms with E-state index in [1.54, 1.807) is 0 Å². The van der Waals surface area contributed by atoms with E-state index in [4.69, 9.17) is 12.2 Å². The number of hydrogen-bond acceptors (Lipinski definition) is 2. The van der Waals surface area contributed by atoms with Gasteiger partial charge in [0.1, 0.15) is 16.3 Å². The van der Waals surface area contributed by atoms with Gasteiger partial charge in [-0.3, -0.25) is 0 Å². The van der Waals surface area contributed by atoms with Gasteiger partial charge in [0.05, 0.1) is 0 Å². The number of aromatic amines is 1. The van der Waals surface area contributed by atoms with Crippen LogP contribution in [0.1, 0.15) is 24.5 Å². The second-order valence-corrected chi connectivity index (χ2v) is 5.79. The summed E-state index contributed by atoms with van der Waals surface area (Å²) in [5.74, 6) is 0.896. The summed E-state index contributed by atoms with van der Waals surface area (Å²) in [7, 11) is 0. The third-order valence-electron chi connectivity index (χ3n) is 2.92. The Morgan fingerprint density at radius 1 is 1.28 bits per heavy atom.